The van der Waals surface area contributed by atoms with Crippen LogP contribution in [0, 0.1) is 5.92 Å². The molecule has 0 spiro atoms. The minimum Gasteiger partial charge on any atom is -0.375 e. The van der Waals surface area contributed by atoms with E-state index in [4.69, 9.17) is 9.26 Å². The fourth-order valence-electron chi connectivity index (χ4n) is 3.39. The van der Waals surface area contributed by atoms with Crippen LogP contribution in [0.15, 0.2) is 4.52 Å². The minimum atomic E-state index is 0.166. The van der Waals surface area contributed by atoms with Crippen LogP contribution >= 0.6 is 0 Å². The summed E-state index contributed by atoms with van der Waals surface area (Å²) in [5, 5.41) is 7.48. The summed E-state index contributed by atoms with van der Waals surface area (Å²) in [4.78, 5) is 7.12. The van der Waals surface area contributed by atoms with Gasteiger partial charge in [0, 0.05) is 19.5 Å². The maximum atomic E-state index is 5.68. The highest BCUT2D eigenvalue weighted by Gasteiger charge is 2.22. The van der Waals surface area contributed by atoms with Gasteiger partial charge in [-0.25, -0.2) is 0 Å². The largest absolute Gasteiger partial charge is 0.375 e. The molecule has 0 amide bonds. The van der Waals surface area contributed by atoms with E-state index >= 15 is 0 Å². The van der Waals surface area contributed by atoms with Crippen molar-refractivity contribution in [3.05, 3.63) is 11.7 Å². The first-order valence-electron chi connectivity index (χ1n) is 8.69. The highest BCUT2D eigenvalue weighted by atomic mass is 16.5. The summed E-state index contributed by atoms with van der Waals surface area (Å²) in [6.45, 7) is 8.47. The van der Waals surface area contributed by atoms with Crippen LogP contribution in [0.5, 0.6) is 0 Å². The number of hydrogen-bond acceptors (Lipinski definition) is 6. The van der Waals surface area contributed by atoms with Crippen molar-refractivity contribution >= 4 is 0 Å². The molecule has 1 aromatic rings. The van der Waals surface area contributed by atoms with Gasteiger partial charge in [-0.15, -0.1) is 0 Å². The molecule has 0 aromatic carbocycles. The lowest BCUT2D eigenvalue weighted by molar-refractivity contribution is 0.0246. The lowest BCUT2D eigenvalue weighted by Gasteiger charge is -2.31. The quantitative estimate of drug-likeness (QED) is 0.854. The molecule has 6 heteroatoms. The van der Waals surface area contributed by atoms with E-state index in [1.54, 1.807) is 0 Å². The Morgan fingerprint density at radius 1 is 1.27 bits per heavy atom. The van der Waals surface area contributed by atoms with Gasteiger partial charge in [-0.3, -0.25) is 0 Å². The van der Waals surface area contributed by atoms with Gasteiger partial charge in [0.15, 0.2) is 5.82 Å². The summed E-state index contributed by atoms with van der Waals surface area (Å²) in [5.41, 5.74) is 0. The van der Waals surface area contributed by atoms with Crippen molar-refractivity contribution < 1.29 is 9.26 Å². The average molecular weight is 308 g/mol. The summed E-state index contributed by atoms with van der Waals surface area (Å²) in [6, 6.07) is 0. The van der Waals surface area contributed by atoms with Crippen LogP contribution < -0.4 is 5.32 Å². The second-order valence-corrected chi connectivity index (χ2v) is 6.49. The summed E-state index contributed by atoms with van der Waals surface area (Å²) >= 11 is 0. The fourth-order valence-corrected chi connectivity index (χ4v) is 3.39. The minimum absolute atomic E-state index is 0.166. The predicted molar refractivity (Wildman–Crippen MR) is 83.8 cm³/mol. The van der Waals surface area contributed by atoms with Crippen LogP contribution in [0.2, 0.25) is 0 Å². The molecule has 2 aliphatic rings. The van der Waals surface area contributed by atoms with E-state index < -0.39 is 0 Å². The van der Waals surface area contributed by atoms with Gasteiger partial charge in [0.1, 0.15) is 0 Å². The SMILES string of the molecule is CCCN1CCC(Cc2noc(C[C@H]3CNCCO3)n2)CC1. The third-order valence-electron chi connectivity index (χ3n) is 4.64. The molecule has 2 fully saturated rings. The molecule has 124 valence electrons. The number of likely N-dealkylation sites (tertiary alicyclic amines) is 1. The second kappa shape index (κ2) is 8.04. The van der Waals surface area contributed by atoms with Crippen LogP contribution in [0.1, 0.15) is 37.9 Å². The maximum Gasteiger partial charge on any atom is 0.229 e. The normalized spacial score (nSPS) is 24.7. The molecular weight excluding hydrogens is 280 g/mol. The van der Waals surface area contributed by atoms with Gasteiger partial charge >= 0.3 is 0 Å². The Bertz CT molecular complexity index is 437. The van der Waals surface area contributed by atoms with Crippen molar-refractivity contribution in [2.24, 2.45) is 5.92 Å². The smallest absolute Gasteiger partial charge is 0.229 e. The predicted octanol–water partition coefficient (Wildman–Crippen LogP) is 1.27. The van der Waals surface area contributed by atoms with E-state index in [2.05, 4.69) is 27.3 Å². The van der Waals surface area contributed by atoms with Crippen molar-refractivity contribution in [3.8, 4) is 0 Å². The van der Waals surface area contributed by atoms with Crippen LogP contribution in [0.3, 0.4) is 0 Å². The zero-order valence-electron chi connectivity index (χ0n) is 13.6. The van der Waals surface area contributed by atoms with Gasteiger partial charge in [-0.1, -0.05) is 12.1 Å². The zero-order chi connectivity index (χ0) is 15.2. The zero-order valence-corrected chi connectivity index (χ0v) is 13.6. The van der Waals surface area contributed by atoms with E-state index in [1.165, 1.54) is 38.9 Å². The Morgan fingerprint density at radius 2 is 2.14 bits per heavy atom. The molecule has 0 aliphatic carbocycles. The Balaban J connectivity index is 1.43. The van der Waals surface area contributed by atoms with Crippen molar-refractivity contribution in [2.75, 3.05) is 39.3 Å². The Morgan fingerprint density at radius 3 is 2.86 bits per heavy atom. The molecule has 0 radical (unpaired) electrons. The third-order valence-corrected chi connectivity index (χ3v) is 4.64. The van der Waals surface area contributed by atoms with Crippen molar-refractivity contribution in [2.45, 2.75) is 45.1 Å². The molecule has 1 atom stereocenters. The van der Waals surface area contributed by atoms with E-state index in [1.807, 2.05) is 0 Å². The lowest BCUT2D eigenvalue weighted by atomic mass is 9.93. The molecule has 0 unspecified atom stereocenters. The number of ether oxygens (including phenoxy) is 1. The van der Waals surface area contributed by atoms with Gasteiger partial charge in [0.25, 0.3) is 0 Å². The molecule has 2 saturated heterocycles. The lowest BCUT2D eigenvalue weighted by Crippen LogP contribution is -2.39. The molecule has 3 rings (SSSR count). The highest BCUT2D eigenvalue weighted by molar-refractivity contribution is 4.92. The van der Waals surface area contributed by atoms with Gasteiger partial charge in [0.05, 0.1) is 19.1 Å². The van der Waals surface area contributed by atoms with Crippen LogP contribution in [-0.2, 0) is 17.6 Å². The van der Waals surface area contributed by atoms with Crippen molar-refractivity contribution in [3.63, 3.8) is 0 Å². The first-order valence-corrected chi connectivity index (χ1v) is 8.69. The topological polar surface area (TPSA) is 63.4 Å². The number of nitrogens with one attached hydrogen (secondary N) is 1. The van der Waals surface area contributed by atoms with Gasteiger partial charge in [0.2, 0.25) is 5.89 Å². The third kappa shape index (κ3) is 4.51. The molecule has 0 bridgehead atoms. The Kier molecular flexibility index (Phi) is 5.81. The van der Waals surface area contributed by atoms with E-state index in [-0.39, 0.29) is 6.10 Å². The summed E-state index contributed by atoms with van der Waals surface area (Å²) in [5.74, 6) is 2.28. The standard InChI is InChI=1S/C16H28N4O2/c1-2-6-20-7-3-13(4-8-20)10-15-18-16(22-19-15)11-14-12-17-5-9-21-14/h13-14,17H,2-12H2,1H3/t14-/m0/s1. The molecule has 1 N–H and O–H groups in total. The molecule has 22 heavy (non-hydrogen) atoms. The number of piperidine rings is 1. The van der Waals surface area contributed by atoms with Gasteiger partial charge < -0.3 is 19.5 Å². The summed E-state index contributed by atoms with van der Waals surface area (Å²) in [7, 11) is 0. The van der Waals surface area contributed by atoms with E-state index in [0.29, 0.717) is 11.8 Å². The first-order chi connectivity index (χ1) is 10.8. The molecule has 6 nitrogen and oxygen atoms in total. The van der Waals surface area contributed by atoms with Crippen LogP contribution in [0.4, 0.5) is 0 Å². The number of rotatable bonds is 6. The van der Waals surface area contributed by atoms with Crippen LogP contribution in [0.25, 0.3) is 0 Å². The van der Waals surface area contributed by atoms with E-state index in [9.17, 15) is 0 Å². The highest BCUT2D eigenvalue weighted by Crippen LogP contribution is 2.21. The molecule has 3 heterocycles. The number of nitrogens with zero attached hydrogens (tertiary/aromatic N) is 3. The number of aromatic nitrogens is 2. The summed E-state index contributed by atoms with van der Waals surface area (Å²) < 4.78 is 11.1. The number of morpholine rings is 1. The Hall–Kier alpha value is -0.980. The van der Waals surface area contributed by atoms with Crippen molar-refractivity contribution in [1.82, 2.24) is 20.4 Å². The van der Waals surface area contributed by atoms with Crippen LogP contribution in [-0.4, -0.2) is 60.5 Å². The average Bonchev–Trinajstić information content (AvgIpc) is 2.98. The second-order valence-electron chi connectivity index (χ2n) is 6.49. The molecule has 2 aliphatic heterocycles. The first kappa shape index (κ1) is 15.9. The molecule has 0 saturated carbocycles. The van der Waals surface area contributed by atoms with Gasteiger partial charge in [-0.05, 0) is 44.8 Å². The monoisotopic (exact) mass is 308 g/mol. The molecular formula is C16H28N4O2. The van der Waals surface area contributed by atoms with Gasteiger partial charge in [-0.2, -0.15) is 4.98 Å². The van der Waals surface area contributed by atoms with E-state index in [0.717, 1.165) is 38.4 Å². The number of hydrogen-bond donors (Lipinski definition) is 1. The fraction of sp³-hybridized carbons (Fsp3) is 0.875. The summed E-state index contributed by atoms with van der Waals surface area (Å²) in [6.07, 6.45) is 5.58. The molecule has 1 aromatic heterocycles. The van der Waals surface area contributed by atoms with Crippen molar-refractivity contribution in [1.29, 1.82) is 0 Å². The Labute approximate surface area is 132 Å². The maximum absolute atomic E-state index is 5.68.